The normalized spacial score (nSPS) is 10.3. The Balaban J connectivity index is 2.06. The minimum Gasteiger partial charge on any atom is -0.490 e. The van der Waals surface area contributed by atoms with Crippen LogP contribution in [0.5, 0.6) is 11.5 Å². The van der Waals surface area contributed by atoms with Gasteiger partial charge in [0.25, 0.3) is 0 Å². The molecule has 0 bridgehead atoms. The van der Waals surface area contributed by atoms with Gasteiger partial charge in [-0.05, 0) is 51.5 Å². The zero-order chi connectivity index (χ0) is 19.1. The summed E-state index contributed by atoms with van der Waals surface area (Å²) in [6.45, 7) is 8.59. The van der Waals surface area contributed by atoms with E-state index in [1.807, 2.05) is 45.9 Å². The molecule has 0 fully saturated rings. The van der Waals surface area contributed by atoms with Crippen molar-refractivity contribution in [1.29, 1.82) is 0 Å². The van der Waals surface area contributed by atoms with Crippen molar-refractivity contribution < 1.29 is 14.3 Å². The van der Waals surface area contributed by atoms with Crippen molar-refractivity contribution in [3.05, 3.63) is 39.6 Å². The molecule has 0 unspecified atom stereocenters. The van der Waals surface area contributed by atoms with Gasteiger partial charge in [-0.1, -0.05) is 15.9 Å². The Bertz CT molecular complexity index is 763. The van der Waals surface area contributed by atoms with E-state index in [1.165, 1.54) is 0 Å². The third-order valence-electron chi connectivity index (χ3n) is 3.36. The van der Waals surface area contributed by atoms with Crippen molar-refractivity contribution in [1.82, 2.24) is 15.4 Å². The summed E-state index contributed by atoms with van der Waals surface area (Å²) in [6.07, 6.45) is 0.158. The second-order valence-corrected chi connectivity index (χ2v) is 6.43. The summed E-state index contributed by atoms with van der Waals surface area (Å²) in [4.78, 5) is 20.7. The van der Waals surface area contributed by atoms with Crippen molar-refractivity contribution in [3.63, 3.8) is 0 Å². The van der Waals surface area contributed by atoms with E-state index in [2.05, 4.69) is 36.7 Å². The van der Waals surface area contributed by atoms with Crippen LogP contribution in [0.25, 0.3) is 0 Å². The zero-order valence-electron chi connectivity index (χ0n) is 15.4. The summed E-state index contributed by atoms with van der Waals surface area (Å²) in [5, 5.41) is 0. The van der Waals surface area contributed by atoms with Crippen LogP contribution in [0.4, 0.5) is 5.95 Å². The molecule has 1 heterocycles. The molecule has 2 aromatic rings. The highest BCUT2D eigenvalue weighted by Crippen LogP contribution is 2.34. The molecule has 0 aliphatic carbocycles. The summed E-state index contributed by atoms with van der Waals surface area (Å²) >= 11 is 3.49. The van der Waals surface area contributed by atoms with Crippen molar-refractivity contribution in [2.45, 2.75) is 34.1 Å². The third-order valence-corrected chi connectivity index (χ3v) is 4.10. The number of benzene rings is 1. The highest BCUT2D eigenvalue weighted by molar-refractivity contribution is 9.10. The lowest BCUT2D eigenvalue weighted by Crippen LogP contribution is -2.31. The van der Waals surface area contributed by atoms with E-state index >= 15 is 0 Å². The Hall–Kier alpha value is -2.35. The predicted octanol–water partition coefficient (Wildman–Crippen LogP) is 3.34. The van der Waals surface area contributed by atoms with Gasteiger partial charge in [0.1, 0.15) is 0 Å². The number of rotatable bonds is 8. The first kappa shape index (κ1) is 20.0. The fourth-order valence-electron chi connectivity index (χ4n) is 2.37. The summed E-state index contributed by atoms with van der Waals surface area (Å²) < 4.78 is 12.0. The first-order valence-electron chi connectivity index (χ1n) is 8.38. The summed E-state index contributed by atoms with van der Waals surface area (Å²) in [5.41, 5.74) is 7.80. The Labute approximate surface area is 161 Å². The molecule has 0 spiro atoms. The van der Waals surface area contributed by atoms with Gasteiger partial charge >= 0.3 is 0 Å². The van der Waals surface area contributed by atoms with Crippen LogP contribution in [-0.4, -0.2) is 29.1 Å². The number of halogens is 1. The molecule has 1 amide bonds. The van der Waals surface area contributed by atoms with Gasteiger partial charge in [-0.25, -0.2) is 9.97 Å². The monoisotopic (exact) mass is 422 g/mol. The number of nitrogens with zero attached hydrogens (tertiary/aromatic N) is 2. The van der Waals surface area contributed by atoms with Gasteiger partial charge in [-0.15, -0.1) is 0 Å². The van der Waals surface area contributed by atoms with E-state index in [0.717, 1.165) is 21.4 Å². The lowest BCUT2D eigenvalue weighted by Gasteiger charge is -2.14. The first-order valence-corrected chi connectivity index (χ1v) is 9.17. The van der Waals surface area contributed by atoms with Gasteiger partial charge in [-0.2, -0.15) is 0 Å². The largest absolute Gasteiger partial charge is 0.490 e. The van der Waals surface area contributed by atoms with Gasteiger partial charge in [0.05, 0.1) is 19.6 Å². The minimum atomic E-state index is -0.222. The van der Waals surface area contributed by atoms with Crippen LogP contribution in [0.3, 0.4) is 0 Å². The molecular formula is C18H23BrN4O3. The van der Waals surface area contributed by atoms with E-state index in [0.29, 0.717) is 30.7 Å². The molecule has 0 saturated carbocycles. The molecule has 0 saturated heterocycles. The van der Waals surface area contributed by atoms with Gasteiger partial charge in [0, 0.05) is 15.9 Å². The van der Waals surface area contributed by atoms with Crippen LogP contribution >= 0.6 is 15.9 Å². The Morgan fingerprint density at radius 2 is 1.62 bits per heavy atom. The highest BCUT2D eigenvalue weighted by atomic mass is 79.9. The van der Waals surface area contributed by atoms with E-state index in [4.69, 9.17) is 9.47 Å². The number of carbonyl (C=O) groups excluding carboxylic acids is 1. The number of hydrogen-bond acceptors (Lipinski definition) is 6. The summed E-state index contributed by atoms with van der Waals surface area (Å²) in [6, 6.07) is 5.49. The van der Waals surface area contributed by atoms with E-state index < -0.39 is 0 Å². The first-order chi connectivity index (χ1) is 12.4. The van der Waals surface area contributed by atoms with Crippen molar-refractivity contribution in [2.75, 3.05) is 18.6 Å². The molecule has 0 atom stereocenters. The van der Waals surface area contributed by atoms with E-state index in [9.17, 15) is 4.79 Å². The molecule has 26 heavy (non-hydrogen) atoms. The molecule has 7 nitrogen and oxygen atoms in total. The number of aromatic nitrogens is 2. The van der Waals surface area contributed by atoms with E-state index in [1.54, 1.807) is 0 Å². The zero-order valence-corrected chi connectivity index (χ0v) is 16.9. The number of ether oxygens (including phenoxy) is 2. The maximum Gasteiger partial charge on any atom is 0.242 e. The van der Waals surface area contributed by atoms with Gasteiger partial charge in [0.15, 0.2) is 11.5 Å². The Kier molecular flexibility index (Phi) is 7.20. The van der Waals surface area contributed by atoms with Crippen LogP contribution in [0.15, 0.2) is 22.7 Å². The van der Waals surface area contributed by atoms with Crippen molar-refractivity contribution >= 4 is 27.8 Å². The fraction of sp³-hybridized carbons (Fsp3) is 0.389. The second-order valence-electron chi connectivity index (χ2n) is 5.58. The average molecular weight is 423 g/mol. The Morgan fingerprint density at radius 1 is 1.04 bits per heavy atom. The lowest BCUT2D eigenvalue weighted by molar-refractivity contribution is -0.119. The summed E-state index contributed by atoms with van der Waals surface area (Å²) in [7, 11) is 0. The molecule has 140 valence electrons. The third kappa shape index (κ3) is 5.59. The number of aryl methyl sites for hydroxylation is 2. The molecule has 8 heteroatoms. The molecule has 0 radical (unpaired) electrons. The van der Waals surface area contributed by atoms with Crippen LogP contribution in [0, 0.1) is 13.8 Å². The number of carbonyl (C=O) groups is 1. The molecular weight excluding hydrogens is 400 g/mol. The Morgan fingerprint density at radius 3 is 2.19 bits per heavy atom. The summed E-state index contributed by atoms with van der Waals surface area (Å²) in [5.74, 6) is 1.40. The van der Waals surface area contributed by atoms with Gasteiger partial charge < -0.3 is 9.47 Å². The SMILES string of the molecule is CCOc1cc(Br)c(CC(=O)NNc2nc(C)cc(C)n2)cc1OCC. The smallest absolute Gasteiger partial charge is 0.242 e. The minimum absolute atomic E-state index is 0.158. The van der Waals surface area contributed by atoms with Crippen LogP contribution < -0.4 is 20.3 Å². The average Bonchev–Trinajstić information content (AvgIpc) is 2.56. The van der Waals surface area contributed by atoms with Gasteiger partial charge in [-0.3, -0.25) is 15.6 Å². The lowest BCUT2D eigenvalue weighted by atomic mass is 10.1. The molecule has 2 rings (SSSR count). The molecule has 0 aliphatic rings. The van der Waals surface area contributed by atoms with E-state index in [-0.39, 0.29) is 12.3 Å². The molecule has 2 N–H and O–H groups in total. The highest BCUT2D eigenvalue weighted by Gasteiger charge is 2.14. The number of nitrogens with one attached hydrogen (secondary N) is 2. The van der Waals surface area contributed by atoms with Crippen LogP contribution in [0.1, 0.15) is 30.8 Å². The maximum absolute atomic E-state index is 12.3. The maximum atomic E-state index is 12.3. The topological polar surface area (TPSA) is 85.4 Å². The van der Waals surface area contributed by atoms with Crippen LogP contribution in [0.2, 0.25) is 0 Å². The van der Waals surface area contributed by atoms with Crippen molar-refractivity contribution in [2.24, 2.45) is 0 Å². The molecule has 0 aliphatic heterocycles. The van der Waals surface area contributed by atoms with Gasteiger partial charge in [0.2, 0.25) is 11.9 Å². The quantitative estimate of drug-likeness (QED) is 0.634. The van der Waals surface area contributed by atoms with Crippen LogP contribution in [-0.2, 0) is 11.2 Å². The number of hydrogen-bond donors (Lipinski definition) is 2. The number of amides is 1. The van der Waals surface area contributed by atoms with Crippen molar-refractivity contribution in [3.8, 4) is 11.5 Å². The number of anilines is 1. The standard InChI is InChI=1S/C18H23BrN4O3/c1-5-25-15-8-13(14(19)10-16(15)26-6-2)9-17(24)22-23-18-20-11(3)7-12(4)21-18/h7-8,10H,5-6,9H2,1-4H3,(H,22,24)(H,20,21,23). The number of hydrazine groups is 1. The second kappa shape index (κ2) is 9.38. The predicted molar refractivity (Wildman–Crippen MR) is 103 cm³/mol. The fourth-order valence-corrected chi connectivity index (χ4v) is 2.84. The molecule has 1 aromatic carbocycles. The molecule has 1 aromatic heterocycles.